The molecule has 0 saturated carbocycles. The summed E-state index contributed by atoms with van der Waals surface area (Å²) < 4.78 is 11.6. The van der Waals surface area contributed by atoms with Gasteiger partial charge in [-0.25, -0.2) is 0 Å². The number of nitrogens with one attached hydrogen (secondary N) is 1. The van der Waals surface area contributed by atoms with Gasteiger partial charge < -0.3 is 14.8 Å². The van der Waals surface area contributed by atoms with Crippen molar-refractivity contribution in [2.24, 2.45) is 0 Å². The number of carbonyl (C=O) groups is 1. The highest BCUT2D eigenvalue weighted by molar-refractivity contribution is 8.19. The second-order valence-corrected chi connectivity index (χ2v) is 8.60. The molecule has 138 valence electrons. The Labute approximate surface area is 163 Å². The highest BCUT2D eigenvalue weighted by Gasteiger charge is 2.20. The van der Waals surface area contributed by atoms with Gasteiger partial charge in [-0.3, -0.25) is 4.79 Å². The number of hydrogen-bond acceptors (Lipinski definition) is 5. The summed E-state index contributed by atoms with van der Waals surface area (Å²) in [6.45, 7) is 2.04. The molecule has 1 amide bonds. The van der Waals surface area contributed by atoms with Gasteiger partial charge in [0.25, 0.3) is 5.91 Å². The Bertz CT molecular complexity index is 743. The Balaban J connectivity index is 1.58. The van der Waals surface area contributed by atoms with E-state index in [2.05, 4.69) is 18.3 Å². The molecule has 0 aromatic heterocycles. The van der Waals surface area contributed by atoms with E-state index in [0.29, 0.717) is 16.1 Å². The van der Waals surface area contributed by atoms with Gasteiger partial charge in [-0.05, 0) is 41.8 Å². The third-order valence-electron chi connectivity index (χ3n) is 4.09. The minimum atomic E-state index is -0.192. The number of rotatable bonds is 7. The van der Waals surface area contributed by atoms with Gasteiger partial charge in [-0.2, -0.15) is 0 Å². The lowest BCUT2D eigenvalue weighted by Crippen LogP contribution is -2.20. The van der Waals surface area contributed by atoms with E-state index in [9.17, 15) is 4.79 Å². The molecule has 0 aliphatic carbocycles. The van der Waals surface area contributed by atoms with Crippen molar-refractivity contribution < 1.29 is 14.3 Å². The highest BCUT2D eigenvalue weighted by Crippen LogP contribution is 2.46. The van der Waals surface area contributed by atoms with E-state index < -0.39 is 0 Å². The number of benzene rings is 2. The molecular weight excluding hydrogens is 366 g/mol. The van der Waals surface area contributed by atoms with Crippen LogP contribution in [0.1, 0.15) is 22.6 Å². The van der Waals surface area contributed by atoms with Crippen molar-refractivity contribution in [1.29, 1.82) is 0 Å². The summed E-state index contributed by atoms with van der Waals surface area (Å²) in [6, 6.07) is 13.8. The molecule has 6 heteroatoms. The summed E-state index contributed by atoms with van der Waals surface area (Å²) in [5, 5.41) is 2.85. The Morgan fingerprint density at radius 1 is 1.12 bits per heavy atom. The summed E-state index contributed by atoms with van der Waals surface area (Å²) in [5.41, 5.74) is 3.23. The van der Waals surface area contributed by atoms with Crippen molar-refractivity contribution in [2.45, 2.75) is 17.9 Å². The van der Waals surface area contributed by atoms with Crippen molar-refractivity contribution in [3.63, 3.8) is 0 Å². The fraction of sp³-hybridized carbons (Fsp3) is 0.350. The number of ether oxygens (including phenoxy) is 2. The van der Waals surface area contributed by atoms with Crippen LogP contribution in [0.2, 0.25) is 0 Å². The number of anilines is 1. The van der Waals surface area contributed by atoms with Gasteiger partial charge in [0.15, 0.2) is 18.1 Å². The maximum absolute atomic E-state index is 12.1. The zero-order valence-electron chi connectivity index (χ0n) is 15.0. The van der Waals surface area contributed by atoms with Crippen molar-refractivity contribution in [3.05, 3.63) is 53.6 Å². The van der Waals surface area contributed by atoms with Gasteiger partial charge in [0.1, 0.15) is 0 Å². The summed E-state index contributed by atoms with van der Waals surface area (Å²) in [5.74, 6) is 3.41. The molecule has 4 nitrogen and oxygen atoms in total. The van der Waals surface area contributed by atoms with Crippen LogP contribution in [0.3, 0.4) is 0 Å². The molecule has 1 aliphatic heterocycles. The van der Waals surface area contributed by atoms with E-state index in [1.54, 1.807) is 7.11 Å². The zero-order valence-corrected chi connectivity index (χ0v) is 16.6. The van der Waals surface area contributed by atoms with Gasteiger partial charge in [0.2, 0.25) is 0 Å². The number of hydrogen-bond donors (Lipinski definition) is 1. The summed E-state index contributed by atoms with van der Waals surface area (Å²) in [7, 11) is 1.62. The molecule has 1 saturated heterocycles. The molecule has 2 aromatic carbocycles. The first-order chi connectivity index (χ1) is 12.7. The van der Waals surface area contributed by atoms with Crippen LogP contribution in [-0.2, 0) is 11.2 Å². The Hall–Kier alpha value is -1.79. The molecule has 1 N–H and O–H groups in total. The lowest BCUT2D eigenvalue weighted by Gasteiger charge is -2.14. The molecule has 2 aromatic rings. The number of methoxy groups -OCH3 is 1. The van der Waals surface area contributed by atoms with Crippen molar-refractivity contribution >= 4 is 35.1 Å². The normalized spacial score (nSPS) is 14.2. The first kappa shape index (κ1) is 19.0. The van der Waals surface area contributed by atoms with Crippen LogP contribution in [0.25, 0.3) is 0 Å². The van der Waals surface area contributed by atoms with Crippen LogP contribution in [0, 0.1) is 0 Å². The molecule has 0 bridgehead atoms. The van der Waals surface area contributed by atoms with Crippen molar-refractivity contribution in [1.82, 2.24) is 0 Å². The Morgan fingerprint density at radius 3 is 2.50 bits per heavy atom. The number of aryl methyl sites for hydroxylation is 1. The minimum absolute atomic E-state index is 0.0574. The quantitative estimate of drug-likeness (QED) is 0.740. The smallest absolute Gasteiger partial charge is 0.262 e. The van der Waals surface area contributed by atoms with Crippen LogP contribution >= 0.6 is 23.5 Å². The molecule has 0 radical (unpaired) electrons. The van der Waals surface area contributed by atoms with Gasteiger partial charge in [-0.15, -0.1) is 23.5 Å². The highest BCUT2D eigenvalue weighted by atomic mass is 32.2. The first-order valence-electron chi connectivity index (χ1n) is 8.62. The predicted molar refractivity (Wildman–Crippen MR) is 111 cm³/mol. The average molecular weight is 390 g/mol. The molecule has 0 spiro atoms. The molecule has 0 unspecified atom stereocenters. The van der Waals surface area contributed by atoms with Gasteiger partial charge in [0.05, 0.1) is 11.7 Å². The van der Waals surface area contributed by atoms with Gasteiger partial charge in [0, 0.05) is 17.2 Å². The molecule has 1 aliphatic rings. The molecule has 0 atom stereocenters. The van der Waals surface area contributed by atoms with Crippen LogP contribution in [0.4, 0.5) is 5.69 Å². The lowest BCUT2D eigenvalue weighted by atomic mass is 10.1. The number of amides is 1. The van der Waals surface area contributed by atoms with Crippen LogP contribution < -0.4 is 14.8 Å². The van der Waals surface area contributed by atoms with Crippen molar-refractivity contribution in [2.75, 3.05) is 30.5 Å². The first-order valence-corrected chi connectivity index (χ1v) is 10.7. The van der Waals surface area contributed by atoms with Crippen LogP contribution in [-0.4, -0.2) is 31.1 Å². The summed E-state index contributed by atoms with van der Waals surface area (Å²) >= 11 is 3.89. The molecule has 1 heterocycles. The third-order valence-corrected chi connectivity index (χ3v) is 7.19. The van der Waals surface area contributed by atoms with E-state index in [0.717, 1.165) is 12.1 Å². The minimum Gasteiger partial charge on any atom is -0.493 e. The molecule has 3 rings (SSSR count). The standard InChI is InChI=1S/C20H23NO3S2/c1-3-14-4-7-16(8-5-14)21-19(22)13-24-17-9-6-15(12-18(17)23-2)20-25-10-11-26-20/h4-9,12,20H,3,10-11,13H2,1-2H3,(H,21,22). The maximum atomic E-state index is 12.1. The molecule has 26 heavy (non-hydrogen) atoms. The van der Waals surface area contributed by atoms with E-state index in [1.807, 2.05) is 59.9 Å². The zero-order chi connectivity index (χ0) is 18.4. The second kappa shape index (κ2) is 9.24. The van der Waals surface area contributed by atoms with Gasteiger partial charge in [-0.1, -0.05) is 25.1 Å². The second-order valence-electron chi connectivity index (χ2n) is 5.87. The lowest BCUT2D eigenvalue weighted by molar-refractivity contribution is -0.118. The Morgan fingerprint density at radius 2 is 1.85 bits per heavy atom. The monoisotopic (exact) mass is 389 g/mol. The van der Waals surface area contributed by atoms with E-state index in [4.69, 9.17) is 9.47 Å². The van der Waals surface area contributed by atoms with Gasteiger partial charge >= 0.3 is 0 Å². The Kier molecular flexibility index (Phi) is 6.74. The summed E-state index contributed by atoms with van der Waals surface area (Å²) in [6.07, 6.45) is 0.977. The maximum Gasteiger partial charge on any atom is 0.262 e. The largest absolute Gasteiger partial charge is 0.493 e. The van der Waals surface area contributed by atoms with Crippen LogP contribution in [0.15, 0.2) is 42.5 Å². The number of thioether (sulfide) groups is 2. The SMILES string of the molecule is CCc1ccc(NC(=O)COc2ccc(C3SCCS3)cc2OC)cc1. The van der Waals surface area contributed by atoms with E-state index >= 15 is 0 Å². The molecular formula is C20H23NO3S2. The number of carbonyl (C=O) groups excluding carboxylic acids is 1. The topological polar surface area (TPSA) is 47.6 Å². The van der Waals surface area contributed by atoms with E-state index in [-0.39, 0.29) is 12.5 Å². The fourth-order valence-corrected chi connectivity index (χ4v) is 5.50. The van der Waals surface area contributed by atoms with Crippen LogP contribution in [0.5, 0.6) is 11.5 Å². The molecule has 1 fully saturated rings. The van der Waals surface area contributed by atoms with E-state index in [1.165, 1.54) is 22.6 Å². The third kappa shape index (κ3) is 4.89. The predicted octanol–water partition coefficient (Wildman–Crippen LogP) is 4.75. The fourth-order valence-electron chi connectivity index (χ4n) is 2.67. The summed E-state index contributed by atoms with van der Waals surface area (Å²) in [4.78, 5) is 12.1. The average Bonchev–Trinajstić information content (AvgIpc) is 3.21. The van der Waals surface area contributed by atoms with Crippen molar-refractivity contribution in [3.8, 4) is 11.5 Å².